The average molecular weight is 414 g/mol. The predicted molar refractivity (Wildman–Crippen MR) is 114 cm³/mol. The summed E-state index contributed by atoms with van der Waals surface area (Å²) in [5.74, 6) is 1.46. The van der Waals surface area contributed by atoms with E-state index >= 15 is 0 Å². The molecule has 28 heavy (non-hydrogen) atoms. The number of hydrogen-bond donors (Lipinski definition) is 0. The summed E-state index contributed by atoms with van der Waals surface area (Å²) >= 11 is 3.61. The second-order valence-electron chi connectivity index (χ2n) is 7.16. The Hall–Kier alpha value is -2.19. The summed E-state index contributed by atoms with van der Waals surface area (Å²) < 4.78 is 5.46. The second-order valence-corrected chi connectivity index (χ2v) is 9.11. The van der Waals surface area contributed by atoms with E-state index in [-0.39, 0.29) is 0 Å². The van der Waals surface area contributed by atoms with E-state index in [4.69, 9.17) is 9.72 Å². The summed E-state index contributed by atoms with van der Waals surface area (Å²) in [6.07, 6.45) is 4.55. The smallest absolute Gasteiger partial charge is 0.322 e. The van der Waals surface area contributed by atoms with Crippen molar-refractivity contribution in [3.05, 3.63) is 44.8 Å². The van der Waals surface area contributed by atoms with Crippen molar-refractivity contribution in [3.8, 4) is 6.01 Å². The second kappa shape index (κ2) is 7.67. The number of methoxy groups -OCH3 is 1. The topological polar surface area (TPSA) is 54.4 Å². The lowest BCUT2D eigenvalue weighted by atomic mass is 10.2. The maximum absolute atomic E-state index is 5.46. The van der Waals surface area contributed by atoms with Gasteiger partial charge in [0.2, 0.25) is 11.9 Å². The summed E-state index contributed by atoms with van der Waals surface area (Å²) in [5.41, 5.74) is 0. The van der Waals surface area contributed by atoms with Crippen molar-refractivity contribution in [2.75, 3.05) is 30.0 Å². The maximum atomic E-state index is 5.46. The Morgan fingerprint density at radius 1 is 0.857 bits per heavy atom. The average Bonchev–Trinajstić information content (AvgIpc) is 3.52. The van der Waals surface area contributed by atoms with Gasteiger partial charge in [-0.3, -0.25) is 0 Å². The molecule has 5 rings (SSSR count). The highest BCUT2D eigenvalue weighted by Crippen LogP contribution is 2.40. The Labute approximate surface area is 172 Å². The van der Waals surface area contributed by atoms with Crippen molar-refractivity contribution in [1.29, 1.82) is 0 Å². The molecule has 146 valence electrons. The maximum Gasteiger partial charge on any atom is 0.322 e. The first-order valence-electron chi connectivity index (χ1n) is 9.73. The van der Waals surface area contributed by atoms with Gasteiger partial charge >= 0.3 is 6.01 Å². The largest absolute Gasteiger partial charge is 0.467 e. The highest BCUT2D eigenvalue weighted by atomic mass is 32.1. The Morgan fingerprint density at radius 2 is 1.39 bits per heavy atom. The lowest BCUT2D eigenvalue weighted by Gasteiger charge is -2.27. The Morgan fingerprint density at radius 3 is 1.82 bits per heavy atom. The number of rotatable bonds is 5. The van der Waals surface area contributed by atoms with Gasteiger partial charge in [-0.25, -0.2) is 0 Å². The zero-order valence-electron chi connectivity index (χ0n) is 15.8. The van der Waals surface area contributed by atoms with E-state index in [9.17, 15) is 0 Å². The van der Waals surface area contributed by atoms with Gasteiger partial charge in [0.05, 0.1) is 19.2 Å². The molecule has 2 fully saturated rings. The minimum atomic E-state index is 0.339. The summed E-state index contributed by atoms with van der Waals surface area (Å²) in [4.78, 5) is 21.5. The number of anilines is 2. The van der Waals surface area contributed by atoms with Gasteiger partial charge < -0.3 is 14.5 Å². The fourth-order valence-electron chi connectivity index (χ4n) is 4.25. The third-order valence-corrected chi connectivity index (χ3v) is 7.48. The van der Waals surface area contributed by atoms with Crippen LogP contribution >= 0.6 is 22.7 Å². The van der Waals surface area contributed by atoms with Crippen LogP contribution in [0, 0.1) is 0 Å². The van der Waals surface area contributed by atoms with E-state index in [0.717, 1.165) is 50.7 Å². The molecule has 0 N–H and O–H groups in total. The monoisotopic (exact) mass is 413 g/mol. The molecule has 2 aliphatic heterocycles. The van der Waals surface area contributed by atoms with Gasteiger partial charge in [0, 0.05) is 22.8 Å². The highest BCUT2D eigenvalue weighted by molar-refractivity contribution is 7.10. The van der Waals surface area contributed by atoms with Crippen molar-refractivity contribution >= 4 is 34.6 Å². The fourth-order valence-corrected chi connectivity index (χ4v) is 6.00. The first-order chi connectivity index (χ1) is 13.8. The summed E-state index contributed by atoms with van der Waals surface area (Å²) in [6.45, 7) is 1.92. The Balaban J connectivity index is 1.50. The third kappa shape index (κ3) is 3.24. The van der Waals surface area contributed by atoms with Crippen LogP contribution < -0.4 is 14.5 Å². The molecule has 0 amide bonds. The van der Waals surface area contributed by atoms with Crippen LogP contribution in [0.1, 0.15) is 47.5 Å². The van der Waals surface area contributed by atoms with Crippen LogP contribution in [0.3, 0.4) is 0 Å². The van der Waals surface area contributed by atoms with Crippen LogP contribution in [0.2, 0.25) is 0 Å². The van der Waals surface area contributed by atoms with Gasteiger partial charge in [0.15, 0.2) is 0 Å². The van der Waals surface area contributed by atoms with Gasteiger partial charge in [-0.2, -0.15) is 15.0 Å². The molecule has 0 saturated carbocycles. The van der Waals surface area contributed by atoms with E-state index in [1.807, 2.05) is 0 Å². The molecular weight excluding hydrogens is 390 g/mol. The molecule has 2 aliphatic rings. The molecule has 0 unspecified atom stereocenters. The van der Waals surface area contributed by atoms with Crippen LogP contribution in [0.25, 0.3) is 0 Å². The number of hydrogen-bond acceptors (Lipinski definition) is 8. The van der Waals surface area contributed by atoms with Crippen LogP contribution in [0.4, 0.5) is 11.9 Å². The third-order valence-electron chi connectivity index (χ3n) is 5.54. The highest BCUT2D eigenvalue weighted by Gasteiger charge is 2.33. The van der Waals surface area contributed by atoms with Crippen molar-refractivity contribution < 1.29 is 4.74 Å². The van der Waals surface area contributed by atoms with E-state index < -0.39 is 0 Å². The molecule has 8 heteroatoms. The molecule has 3 aromatic rings. The molecule has 6 nitrogen and oxygen atoms in total. The quantitative estimate of drug-likeness (QED) is 0.605. The van der Waals surface area contributed by atoms with Crippen LogP contribution in [-0.2, 0) is 0 Å². The lowest BCUT2D eigenvalue weighted by molar-refractivity contribution is 0.377. The molecule has 0 aromatic carbocycles. The molecule has 0 bridgehead atoms. The summed E-state index contributed by atoms with van der Waals surface area (Å²) in [5, 5.41) is 4.28. The van der Waals surface area contributed by atoms with Crippen LogP contribution in [0.15, 0.2) is 35.0 Å². The van der Waals surface area contributed by atoms with Gasteiger partial charge in [-0.15, -0.1) is 22.7 Å². The molecule has 0 radical (unpaired) electrons. The zero-order chi connectivity index (χ0) is 18.9. The van der Waals surface area contributed by atoms with Crippen molar-refractivity contribution in [2.24, 2.45) is 0 Å². The van der Waals surface area contributed by atoms with Crippen LogP contribution in [0.5, 0.6) is 6.01 Å². The van der Waals surface area contributed by atoms with Gasteiger partial charge in [0.25, 0.3) is 0 Å². The number of ether oxygens (including phenoxy) is 1. The Bertz CT molecular complexity index is 844. The van der Waals surface area contributed by atoms with Gasteiger partial charge in [-0.05, 0) is 48.6 Å². The lowest BCUT2D eigenvalue weighted by Crippen LogP contribution is -2.28. The predicted octanol–water partition coefficient (Wildman–Crippen LogP) is 4.69. The minimum absolute atomic E-state index is 0.339. The van der Waals surface area contributed by atoms with Crippen molar-refractivity contribution in [3.63, 3.8) is 0 Å². The van der Waals surface area contributed by atoms with E-state index in [0.29, 0.717) is 18.1 Å². The molecule has 2 atom stereocenters. The van der Waals surface area contributed by atoms with Crippen molar-refractivity contribution in [2.45, 2.75) is 37.8 Å². The summed E-state index contributed by atoms with van der Waals surface area (Å²) in [6, 6.07) is 9.73. The first kappa shape index (κ1) is 17.9. The molecule has 0 aliphatic carbocycles. The van der Waals surface area contributed by atoms with E-state index in [1.165, 1.54) is 9.75 Å². The molecule has 2 saturated heterocycles. The number of nitrogens with zero attached hydrogens (tertiary/aromatic N) is 5. The normalized spacial score (nSPS) is 22.2. The zero-order valence-corrected chi connectivity index (χ0v) is 17.5. The van der Waals surface area contributed by atoms with Gasteiger partial charge in [-0.1, -0.05) is 12.1 Å². The standard InChI is InChI=1S/C20H23N5OS2/c1-26-20-22-18(24-10-2-6-14(24)16-8-4-12-27-16)21-19(23-20)25-11-3-7-15(25)17-9-5-13-28-17/h4-5,8-9,12-15H,2-3,6-7,10-11H2,1H3/t14-,15-/m0/s1. The fraction of sp³-hybridized carbons (Fsp3) is 0.450. The summed E-state index contributed by atoms with van der Waals surface area (Å²) in [7, 11) is 1.63. The van der Waals surface area contributed by atoms with E-state index in [1.54, 1.807) is 29.8 Å². The van der Waals surface area contributed by atoms with Crippen LogP contribution in [-0.4, -0.2) is 35.2 Å². The molecule has 5 heterocycles. The van der Waals surface area contributed by atoms with Crippen molar-refractivity contribution in [1.82, 2.24) is 15.0 Å². The first-order valence-corrected chi connectivity index (χ1v) is 11.5. The van der Waals surface area contributed by atoms with E-state index in [2.05, 4.69) is 54.8 Å². The minimum Gasteiger partial charge on any atom is -0.467 e. The number of thiophene rings is 2. The molecule has 0 spiro atoms. The molecular formula is C20H23N5OS2. The Kier molecular flexibility index (Phi) is 4.90. The van der Waals surface area contributed by atoms with Gasteiger partial charge in [0.1, 0.15) is 0 Å². The number of aromatic nitrogens is 3. The molecule has 3 aromatic heterocycles. The SMILES string of the molecule is COc1nc(N2CCC[C@H]2c2cccs2)nc(N2CCC[C@H]2c2cccs2)n1.